The average Bonchev–Trinajstić information content (AvgIpc) is 2.78. The quantitative estimate of drug-likeness (QED) is 0.907. The van der Waals surface area contributed by atoms with Crippen LogP contribution in [0.4, 0.5) is 0 Å². The lowest BCUT2D eigenvalue weighted by atomic mass is 10.1. The van der Waals surface area contributed by atoms with E-state index in [0.29, 0.717) is 12.1 Å². The van der Waals surface area contributed by atoms with E-state index in [9.17, 15) is 4.79 Å². The maximum absolute atomic E-state index is 11.7. The standard InChI is InChI=1S/C13H12BrNO2S/c14-12-7-10(8-18-12)13(17)15-6-5-9-1-3-11(16)4-2-9/h1-4,7-8,16H,5-6H2,(H,15,17). The van der Waals surface area contributed by atoms with Gasteiger partial charge in [0.2, 0.25) is 0 Å². The third kappa shape index (κ3) is 3.58. The van der Waals surface area contributed by atoms with E-state index >= 15 is 0 Å². The molecule has 0 aliphatic carbocycles. The highest BCUT2D eigenvalue weighted by Crippen LogP contribution is 2.20. The van der Waals surface area contributed by atoms with Crippen molar-refractivity contribution in [3.8, 4) is 5.75 Å². The Balaban J connectivity index is 1.82. The molecule has 2 rings (SSSR count). The van der Waals surface area contributed by atoms with Crippen LogP contribution >= 0.6 is 27.3 Å². The van der Waals surface area contributed by atoms with Crippen LogP contribution in [0, 0.1) is 0 Å². The van der Waals surface area contributed by atoms with Gasteiger partial charge in [-0.05, 0) is 46.1 Å². The number of rotatable bonds is 4. The predicted octanol–water partition coefficient (Wildman–Crippen LogP) is 3.19. The first-order chi connectivity index (χ1) is 8.65. The maximum Gasteiger partial charge on any atom is 0.252 e. The molecule has 0 unspecified atom stereocenters. The number of hydrogen-bond donors (Lipinski definition) is 2. The number of carbonyl (C=O) groups excluding carboxylic acids is 1. The Hall–Kier alpha value is -1.33. The van der Waals surface area contributed by atoms with Gasteiger partial charge in [0, 0.05) is 11.9 Å². The minimum atomic E-state index is -0.0595. The van der Waals surface area contributed by atoms with E-state index in [2.05, 4.69) is 21.2 Å². The molecule has 5 heteroatoms. The molecule has 0 radical (unpaired) electrons. The summed E-state index contributed by atoms with van der Waals surface area (Å²) in [5.41, 5.74) is 1.76. The maximum atomic E-state index is 11.7. The number of carbonyl (C=O) groups is 1. The summed E-state index contributed by atoms with van der Waals surface area (Å²) in [6, 6.07) is 8.80. The number of phenols is 1. The molecule has 2 aromatic rings. The van der Waals surface area contributed by atoms with Crippen LogP contribution in [-0.2, 0) is 6.42 Å². The molecule has 18 heavy (non-hydrogen) atoms. The molecular formula is C13H12BrNO2S. The highest BCUT2D eigenvalue weighted by atomic mass is 79.9. The molecular weight excluding hydrogens is 314 g/mol. The fraction of sp³-hybridized carbons (Fsp3) is 0.154. The number of nitrogens with one attached hydrogen (secondary N) is 1. The Morgan fingerprint density at radius 1 is 1.33 bits per heavy atom. The van der Waals surface area contributed by atoms with E-state index in [-0.39, 0.29) is 11.7 Å². The van der Waals surface area contributed by atoms with Crippen molar-refractivity contribution in [2.75, 3.05) is 6.54 Å². The number of halogens is 1. The van der Waals surface area contributed by atoms with Gasteiger partial charge in [0.05, 0.1) is 9.35 Å². The first kappa shape index (κ1) is 13.1. The zero-order valence-electron chi connectivity index (χ0n) is 9.52. The first-order valence-corrected chi connectivity index (χ1v) is 7.12. The van der Waals surface area contributed by atoms with Gasteiger partial charge in [0.15, 0.2) is 0 Å². The topological polar surface area (TPSA) is 49.3 Å². The Labute approximate surface area is 118 Å². The lowest BCUT2D eigenvalue weighted by Crippen LogP contribution is -2.25. The molecule has 0 spiro atoms. The number of thiophene rings is 1. The SMILES string of the molecule is O=C(NCCc1ccc(O)cc1)c1csc(Br)c1. The highest BCUT2D eigenvalue weighted by molar-refractivity contribution is 9.11. The minimum Gasteiger partial charge on any atom is -0.508 e. The number of hydrogen-bond acceptors (Lipinski definition) is 3. The van der Waals surface area contributed by atoms with Crippen molar-refractivity contribution in [3.05, 3.63) is 50.6 Å². The van der Waals surface area contributed by atoms with Crippen molar-refractivity contribution >= 4 is 33.2 Å². The fourth-order valence-electron chi connectivity index (χ4n) is 1.51. The fourth-order valence-corrected chi connectivity index (χ4v) is 2.65. The van der Waals surface area contributed by atoms with Crippen LogP contribution < -0.4 is 5.32 Å². The molecule has 0 saturated heterocycles. The normalized spacial score (nSPS) is 10.3. The van der Waals surface area contributed by atoms with Crippen molar-refractivity contribution < 1.29 is 9.90 Å². The second-order valence-electron chi connectivity index (χ2n) is 3.81. The van der Waals surface area contributed by atoms with Gasteiger partial charge in [-0.25, -0.2) is 0 Å². The van der Waals surface area contributed by atoms with E-state index in [4.69, 9.17) is 5.11 Å². The summed E-state index contributed by atoms with van der Waals surface area (Å²) >= 11 is 4.82. The molecule has 1 aromatic carbocycles. The molecule has 0 saturated carbocycles. The Morgan fingerprint density at radius 2 is 2.06 bits per heavy atom. The first-order valence-electron chi connectivity index (χ1n) is 5.45. The zero-order chi connectivity index (χ0) is 13.0. The van der Waals surface area contributed by atoms with Crippen LogP contribution in [0.3, 0.4) is 0 Å². The molecule has 0 bridgehead atoms. The van der Waals surface area contributed by atoms with Gasteiger partial charge in [-0.1, -0.05) is 12.1 Å². The van der Waals surface area contributed by atoms with Crippen LogP contribution in [0.2, 0.25) is 0 Å². The van der Waals surface area contributed by atoms with Gasteiger partial charge in [-0.2, -0.15) is 0 Å². The molecule has 0 atom stereocenters. The van der Waals surface area contributed by atoms with E-state index in [1.807, 2.05) is 17.5 Å². The smallest absolute Gasteiger partial charge is 0.252 e. The van der Waals surface area contributed by atoms with Crippen LogP contribution in [0.25, 0.3) is 0 Å². The monoisotopic (exact) mass is 325 g/mol. The van der Waals surface area contributed by atoms with Gasteiger partial charge in [0.25, 0.3) is 5.91 Å². The predicted molar refractivity (Wildman–Crippen MR) is 76.2 cm³/mol. The highest BCUT2D eigenvalue weighted by Gasteiger charge is 2.06. The molecule has 2 N–H and O–H groups in total. The molecule has 0 aliphatic heterocycles. The van der Waals surface area contributed by atoms with Gasteiger partial charge in [-0.15, -0.1) is 11.3 Å². The average molecular weight is 326 g/mol. The zero-order valence-corrected chi connectivity index (χ0v) is 11.9. The third-order valence-electron chi connectivity index (χ3n) is 2.47. The van der Waals surface area contributed by atoms with Crippen molar-refractivity contribution in [3.63, 3.8) is 0 Å². The van der Waals surface area contributed by atoms with E-state index < -0.39 is 0 Å². The van der Waals surface area contributed by atoms with Gasteiger partial charge < -0.3 is 10.4 Å². The lowest BCUT2D eigenvalue weighted by molar-refractivity contribution is 0.0954. The van der Waals surface area contributed by atoms with E-state index in [1.54, 1.807) is 18.2 Å². The largest absolute Gasteiger partial charge is 0.508 e. The summed E-state index contributed by atoms with van der Waals surface area (Å²) in [5, 5.41) is 13.8. The second kappa shape index (κ2) is 6.02. The van der Waals surface area contributed by atoms with Gasteiger partial charge in [-0.3, -0.25) is 4.79 Å². The Bertz CT molecular complexity index is 536. The van der Waals surface area contributed by atoms with E-state index in [0.717, 1.165) is 15.8 Å². The van der Waals surface area contributed by atoms with Crippen molar-refractivity contribution in [1.29, 1.82) is 0 Å². The Kier molecular flexibility index (Phi) is 4.38. The van der Waals surface area contributed by atoms with Gasteiger partial charge >= 0.3 is 0 Å². The molecule has 0 fully saturated rings. The summed E-state index contributed by atoms with van der Waals surface area (Å²) < 4.78 is 0.950. The molecule has 3 nitrogen and oxygen atoms in total. The van der Waals surface area contributed by atoms with Gasteiger partial charge in [0.1, 0.15) is 5.75 Å². The summed E-state index contributed by atoms with van der Waals surface area (Å²) in [4.78, 5) is 11.7. The van der Waals surface area contributed by atoms with Crippen molar-refractivity contribution in [2.24, 2.45) is 0 Å². The van der Waals surface area contributed by atoms with Crippen LogP contribution in [0.5, 0.6) is 5.75 Å². The Morgan fingerprint density at radius 3 is 2.67 bits per heavy atom. The lowest BCUT2D eigenvalue weighted by Gasteiger charge is -2.04. The number of benzene rings is 1. The van der Waals surface area contributed by atoms with Crippen LogP contribution in [0.15, 0.2) is 39.5 Å². The number of amides is 1. The molecule has 1 amide bonds. The molecule has 1 aromatic heterocycles. The van der Waals surface area contributed by atoms with Crippen molar-refractivity contribution in [1.82, 2.24) is 5.32 Å². The van der Waals surface area contributed by atoms with Crippen LogP contribution in [-0.4, -0.2) is 17.6 Å². The number of phenolic OH excluding ortho intramolecular Hbond substituents is 1. The summed E-state index contributed by atoms with van der Waals surface area (Å²) in [6.45, 7) is 0.580. The molecule has 0 aliphatic rings. The summed E-state index contributed by atoms with van der Waals surface area (Å²) in [7, 11) is 0. The molecule has 94 valence electrons. The minimum absolute atomic E-state index is 0.0595. The van der Waals surface area contributed by atoms with E-state index in [1.165, 1.54) is 11.3 Å². The van der Waals surface area contributed by atoms with Crippen LogP contribution in [0.1, 0.15) is 15.9 Å². The number of aromatic hydroxyl groups is 1. The third-order valence-corrected chi connectivity index (χ3v) is 3.97. The summed E-state index contributed by atoms with van der Waals surface area (Å²) in [5.74, 6) is 0.196. The van der Waals surface area contributed by atoms with Crippen molar-refractivity contribution in [2.45, 2.75) is 6.42 Å². The summed E-state index contributed by atoms with van der Waals surface area (Å²) in [6.07, 6.45) is 0.747. The second-order valence-corrected chi connectivity index (χ2v) is 6.10. The molecule has 1 heterocycles.